The second-order valence-corrected chi connectivity index (χ2v) is 8.14. The molecule has 1 N–H and O–H groups in total. The number of hydrogen-bond donors (Lipinski definition) is 1. The van der Waals surface area contributed by atoms with Gasteiger partial charge in [-0.2, -0.15) is 0 Å². The summed E-state index contributed by atoms with van der Waals surface area (Å²) in [5, 5.41) is 11.0. The van der Waals surface area contributed by atoms with Crippen molar-refractivity contribution in [3.8, 4) is 0 Å². The number of carbonyl (C=O) groups excluding carboxylic acids is 1. The molecule has 0 spiro atoms. The van der Waals surface area contributed by atoms with Crippen LogP contribution in [0.15, 0.2) is 23.8 Å². The van der Waals surface area contributed by atoms with Gasteiger partial charge >= 0.3 is 5.97 Å². The molecule has 4 heteroatoms. The average molecular weight is 334 g/mol. The Morgan fingerprint density at radius 1 is 1.38 bits per heavy atom. The molecule has 0 aromatic heterocycles. The Kier molecular flexibility index (Phi) is 4.89. The van der Waals surface area contributed by atoms with Gasteiger partial charge in [0.2, 0.25) is 0 Å². The van der Waals surface area contributed by atoms with Crippen LogP contribution in [0.1, 0.15) is 59.3 Å². The summed E-state index contributed by atoms with van der Waals surface area (Å²) in [6.45, 7) is 10.1. The third kappa shape index (κ3) is 3.31. The third-order valence-corrected chi connectivity index (χ3v) is 6.09. The van der Waals surface area contributed by atoms with Gasteiger partial charge in [-0.3, -0.25) is 0 Å². The van der Waals surface area contributed by atoms with Gasteiger partial charge in [0.25, 0.3) is 0 Å². The number of hydrogen-bond acceptors (Lipinski definition) is 4. The van der Waals surface area contributed by atoms with E-state index in [1.165, 1.54) is 5.57 Å². The van der Waals surface area contributed by atoms with Crippen molar-refractivity contribution in [3.63, 3.8) is 0 Å². The number of carbonyl (C=O) groups is 1. The van der Waals surface area contributed by atoms with E-state index in [4.69, 9.17) is 9.47 Å². The van der Waals surface area contributed by atoms with Crippen molar-refractivity contribution in [3.05, 3.63) is 23.8 Å². The number of allylic oxidation sites excluding steroid dienone is 2. The molecule has 0 saturated carbocycles. The Balaban J connectivity index is 1.90. The normalized spacial score (nSPS) is 46.2. The zero-order chi connectivity index (χ0) is 17.5. The molecular weight excluding hydrogens is 304 g/mol. The molecule has 0 radical (unpaired) electrons. The van der Waals surface area contributed by atoms with E-state index in [-0.39, 0.29) is 36.1 Å². The summed E-state index contributed by atoms with van der Waals surface area (Å²) in [6.07, 6.45) is 6.87. The molecular formula is C20H30O4. The zero-order valence-electron chi connectivity index (χ0n) is 15.1. The second kappa shape index (κ2) is 6.64. The SMILES string of the molecule is C=C1C(=O)O[C@H]2[C@H]3O[C@H](C[C@@H]12)[C@](C)(O)CC/C=C(\C)CCC[C@@H]3C. The third-order valence-electron chi connectivity index (χ3n) is 6.09. The first-order valence-electron chi connectivity index (χ1n) is 9.23. The van der Waals surface area contributed by atoms with Crippen molar-refractivity contribution >= 4 is 5.97 Å². The first-order valence-corrected chi connectivity index (χ1v) is 9.23. The Labute approximate surface area is 144 Å². The molecule has 3 rings (SSSR count). The summed E-state index contributed by atoms with van der Waals surface area (Å²) in [4.78, 5) is 12.0. The van der Waals surface area contributed by atoms with Crippen LogP contribution in [0, 0.1) is 11.8 Å². The Hall–Kier alpha value is -1.13. The minimum Gasteiger partial charge on any atom is -0.456 e. The van der Waals surface area contributed by atoms with Gasteiger partial charge in [0.15, 0.2) is 0 Å². The highest BCUT2D eigenvalue weighted by Gasteiger charge is 2.53. The largest absolute Gasteiger partial charge is 0.456 e. The Morgan fingerprint density at radius 3 is 2.88 bits per heavy atom. The standard InChI is InChI=1S/C20H30O4/c1-12-7-5-9-13(2)17-18-15(14(3)19(21)24-18)11-16(23-17)20(4,22)10-6-8-12/h8,13,15-18,22H,3,5-7,9-11H2,1-2,4H3/b12-8+/t13-,15-,16+,17-,18+,20+/m0/s1. The van der Waals surface area contributed by atoms with Gasteiger partial charge in [-0.25, -0.2) is 4.79 Å². The fourth-order valence-corrected chi connectivity index (χ4v) is 4.36. The monoisotopic (exact) mass is 334 g/mol. The van der Waals surface area contributed by atoms with E-state index in [1.807, 2.05) is 6.92 Å². The van der Waals surface area contributed by atoms with Crippen molar-refractivity contribution in [2.75, 3.05) is 0 Å². The maximum Gasteiger partial charge on any atom is 0.334 e. The molecule has 4 nitrogen and oxygen atoms in total. The van der Waals surface area contributed by atoms with E-state index >= 15 is 0 Å². The molecule has 0 aliphatic carbocycles. The molecule has 24 heavy (non-hydrogen) atoms. The van der Waals surface area contributed by atoms with E-state index in [9.17, 15) is 9.90 Å². The molecule has 0 unspecified atom stereocenters. The molecule has 2 fully saturated rings. The topological polar surface area (TPSA) is 55.8 Å². The summed E-state index contributed by atoms with van der Waals surface area (Å²) >= 11 is 0. The molecule has 134 valence electrons. The van der Waals surface area contributed by atoms with Gasteiger partial charge in [0.1, 0.15) is 6.10 Å². The molecule has 2 bridgehead atoms. The first kappa shape index (κ1) is 17.7. The molecule has 2 saturated heterocycles. The number of rotatable bonds is 0. The zero-order valence-corrected chi connectivity index (χ0v) is 15.1. The van der Waals surface area contributed by atoms with Crippen LogP contribution in [0.5, 0.6) is 0 Å². The van der Waals surface area contributed by atoms with Gasteiger partial charge < -0.3 is 14.6 Å². The maximum absolute atomic E-state index is 12.0. The predicted molar refractivity (Wildman–Crippen MR) is 92.4 cm³/mol. The van der Waals surface area contributed by atoms with Crippen molar-refractivity contribution in [1.29, 1.82) is 0 Å². The van der Waals surface area contributed by atoms with Crippen LogP contribution in [-0.2, 0) is 14.3 Å². The van der Waals surface area contributed by atoms with Crippen molar-refractivity contribution < 1.29 is 19.4 Å². The van der Waals surface area contributed by atoms with E-state index in [0.717, 1.165) is 25.7 Å². The fraction of sp³-hybridized carbons (Fsp3) is 0.750. The van der Waals surface area contributed by atoms with Gasteiger partial charge in [0.05, 0.1) is 17.8 Å². The van der Waals surface area contributed by atoms with E-state index in [1.54, 1.807) is 0 Å². The minimum atomic E-state index is -0.912. The van der Waals surface area contributed by atoms with Crippen LogP contribution in [-0.4, -0.2) is 35.0 Å². The second-order valence-electron chi connectivity index (χ2n) is 8.14. The number of ether oxygens (including phenoxy) is 2. The van der Waals surface area contributed by atoms with Crippen LogP contribution in [0.3, 0.4) is 0 Å². The van der Waals surface area contributed by atoms with E-state index in [2.05, 4.69) is 26.5 Å². The average Bonchev–Trinajstić information content (AvgIpc) is 2.80. The van der Waals surface area contributed by atoms with E-state index in [0.29, 0.717) is 18.4 Å². The summed E-state index contributed by atoms with van der Waals surface area (Å²) in [5.41, 5.74) is 1.03. The molecule has 0 aromatic rings. The summed E-state index contributed by atoms with van der Waals surface area (Å²) < 4.78 is 11.9. The lowest BCUT2D eigenvalue weighted by Crippen LogP contribution is -2.54. The lowest BCUT2D eigenvalue weighted by molar-refractivity contribution is -0.208. The van der Waals surface area contributed by atoms with Crippen LogP contribution < -0.4 is 0 Å². The number of aliphatic hydroxyl groups is 1. The minimum absolute atomic E-state index is 0.0320. The van der Waals surface area contributed by atoms with Crippen molar-refractivity contribution in [1.82, 2.24) is 0 Å². The summed E-state index contributed by atoms with van der Waals surface area (Å²) in [7, 11) is 0. The lowest BCUT2D eigenvalue weighted by Gasteiger charge is -2.45. The predicted octanol–water partition coefficient (Wildman–Crippen LogP) is 3.54. The first-order chi connectivity index (χ1) is 11.3. The van der Waals surface area contributed by atoms with Crippen LogP contribution in [0.2, 0.25) is 0 Å². The van der Waals surface area contributed by atoms with Crippen LogP contribution in [0.25, 0.3) is 0 Å². The molecule has 0 aromatic carbocycles. The molecule has 3 aliphatic rings. The highest BCUT2D eigenvalue weighted by atomic mass is 16.6. The Bertz CT molecular complexity index is 548. The smallest absolute Gasteiger partial charge is 0.334 e. The fourth-order valence-electron chi connectivity index (χ4n) is 4.36. The van der Waals surface area contributed by atoms with Crippen molar-refractivity contribution in [2.24, 2.45) is 11.8 Å². The quantitative estimate of drug-likeness (QED) is 0.418. The summed E-state index contributed by atoms with van der Waals surface area (Å²) in [6, 6.07) is 0. The van der Waals surface area contributed by atoms with Gasteiger partial charge in [-0.15, -0.1) is 0 Å². The van der Waals surface area contributed by atoms with Gasteiger partial charge in [0, 0.05) is 11.5 Å². The maximum atomic E-state index is 12.0. The highest BCUT2D eigenvalue weighted by molar-refractivity contribution is 5.90. The Morgan fingerprint density at radius 2 is 2.12 bits per heavy atom. The van der Waals surface area contributed by atoms with Crippen LogP contribution in [0.4, 0.5) is 0 Å². The summed E-state index contributed by atoms with van der Waals surface area (Å²) in [5.74, 6) is -0.0506. The van der Waals surface area contributed by atoms with Crippen LogP contribution >= 0.6 is 0 Å². The van der Waals surface area contributed by atoms with E-state index < -0.39 is 5.60 Å². The van der Waals surface area contributed by atoms with Gasteiger partial charge in [-0.1, -0.05) is 25.2 Å². The molecule has 3 heterocycles. The molecule has 3 aliphatic heterocycles. The number of fused-ring (bicyclic) bond motifs is 4. The highest BCUT2D eigenvalue weighted by Crippen LogP contribution is 2.44. The molecule has 0 amide bonds. The number of esters is 1. The van der Waals surface area contributed by atoms with Crippen molar-refractivity contribution in [2.45, 2.75) is 83.2 Å². The molecule has 6 atom stereocenters. The van der Waals surface area contributed by atoms with Gasteiger partial charge in [-0.05, 0) is 58.3 Å². The lowest BCUT2D eigenvalue weighted by atomic mass is 9.76.